The Morgan fingerprint density at radius 1 is 0.929 bits per heavy atom. The highest BCUT2D eigenvalue weighted by atomic mass is 16.5. The second-order valence-corrected chi connectivity index (χ2v) is 8.27. The number of aryl methyl sites for hydroxylation is 1. The Kier molecular flexibility index (Phi) is 5.04. The van der Waals surface area contributed by atoms with E-state index in [-0.39, 0.29) is 11.6 Å². The maximum absolute atomic E-state index is 13.2. The Labute approximate surface area is 167 Å². The lowest BCUT2D eigenvalue weighted by atomic mass is 9.73. The van der Waals surface area contributed by atoms with Crippen molar-refractivity contribution in [2.45, 2.75) is 58.2 Å². The van der Waals surface area contributed by atoms with Crippen molar-refractivity contribution in [1.29, 1.82) is 0 Å². The minimum absolute atomic E-state index is 0.189. The molecule has 0 amide bonds. The van der Waals surface area contributed by atoms with E-state index < -0.39 is 17.1 Å². The van der Waals surface area contributed by atoms with Gasteiger partial charge in [0, 0.05) is 5.56 Å². The molecule has 0 spiro atoms. The van der Waals surface area contributed by atoms with Gasteiger partial charge in [-0.1, -0.05) is 37.1 Å². The SMILES string of the molecule is C#Cc1ccc(-c2ccc(CC)c(C3C(=O)C(C)(C)OC(C)(C)C3=O)c2)cc1. The van der Waals surface area contributed by atoms with Gasteiger partial charge in [-0.2, -0.15) is 0 Å². The number of terminal acetylenes is 1. The third kappa shape index (κ3) is 3.41. The molecule has 28 heavy (non-hydrogen) atoms. The van der Waals surface area contributed by atoms with Crippen LogP contribution in [0.1, 0.15) is 57.2 Å². The molecule has 0 N–H and O–H groups in total. The van der Waals surface area contributed by atoms with Crippen LogP contribution >= 0.6 is 0 Å². The van der Waals surface area contributed by atoms with E-state index in [0.717, 1.165) is 34.2 Å². The Morgan fingerprint density at radius 3 is 1.96 bits per heavy atom. The molecule has 3 heteroatoms. The van der Waals surface area contributed by atoms with Crippen molar-refractivity contribution < 1.29 is 14.3 Å². The number of ether oxygens (including phenoxy) is 1. The van der Waals surface area contributed by atoms with E-state index in [1.807, 2.05) is 49.4 Å². The smallest absolute Gasteiger partial charge is 0.179 e. The summed E-state index contributed by atoms with van der Waals surface area (Å²) in [5.74, 6) is 1.42. The molecule has 144 valence electrons. The van der Waals surface area contributed by atoms with Crippen molar-refractivity contribution in [2.24, 2.45) is 0 Å². The molecule has 3 rings (SSSR count). The molecule has 0 radical (unpaired) electrons. The first-order valence-electron chi connectivity index (χ1n) is 9.59. The van der Waals surface area contributed by atoms with Gasteiger partial charge in [0.15, 0.2) is 11.6 Å². The molecule has 1 aliphatic heterocycles. The lowest BCUT2D eigenvalue weighted by Gasteiger charge is -2.43. The second-order valence-electron chi connectivity index (χ2n) is 8.27. The number of Topliss-reactive ketones (excluding diaryl/α,β-unsaturated/α-hetero) is 2. The summed E-state index contributed by atoms with van der Waals surface area (Å²) in [6, 6.07) is 13.7. The normalized spacial score (nSPS) is 18.7. The highest BCUT2D eigenvalue weighted by molar-refractivity contribution is 6.15. The van der Waals surface area contributed by atoms with Crippen LogP contribution in [0.4, 0.5) is 0 Å². The van der Waals surface area contributed by atoms with Crippen LogP contribution in [0.2, 0.25) is 0 Å². The van der Waals surface area contributed by atoms with Gasteiger partial charge in [0.2, 0.25) is 0 Å². The van der Waals surface area contributed by atoms with Crippen LogP contribution in [0.5, 0.6) is 0 Å². The van der Waals surface area contributed by atoms with Crippen LogP contribution in [0.25, 0.3) is 11.1 Å². The highest BCUT2D eigenvalue weighted by Crippen LogP contribution is 2.40. The Bertz CT molecular complexity index is 946. The molecule has 1 aliphatic rings. The summed E-state index contributed by atoms with van der Waals surface area (Å²) in [6.07, 6.45) is 6.18. The fourth-order valence-electron chi connectivity index (χ4n) is 3.96. The summed E-state index contributed by atoms with van der Waals surface area (Å²) in [5.41, 5.74) is 2.51. The standard InChI is InChI=1S/C25H26O3/c1-7-16-9-11-18(12-10-16)19-14-13-17(8-2)20(15-19)21-22(26)24(3,4)28-25(5,6)23(21)27/h1,9-15,21H,8H2,2-6H3. The molecule has 0 unspecified atom stereocenters. The van der Waals surface area contributed by atoms with E-state index in [9.17, 15) is 9.59 Å². The molecule has 2 aromatic rings. The van der Waals surface area contributed by atoms with E-state index in [0.29, 0.717) is 0 Å². The second kappa shape index (κ2) is 7.04. The Morgan fingerprint density at radius 2 is 1.46 bits per heavy atom. The van der Waals surface area contributed by atoms with Gasteiger partial charge in [-0.3, -0.25) is 9.59 Å². The van der Waals surface area contributed by atoms with Crippen LogP contribution < -0.4 is 0 Å². The van der Waals surface area contributed by atoms with Gasteiger partial charge < -0.3 is 4.74 Å². The van der Waals surface area contributed by atoms with Crippen molar-refractivity contribution in [3.8, 4) is 23.5 Å². The van der Waals surface area contributed by atoms with Gasteiger partial charge in [0.25, 0.3) is 0 Å². The van der Waals surface area contributed by atoms with Gasteiger partial charge in [0.05, 0.1) is 0 Å². The molecule has 1 heterocycles. The zero-order valence-electron chi connectivity index (χ0n) is 17.1. The topological polar surface area (TPSA) is 43.4 Å². The first-order chi connectivity index (χ1) is 13.1. The highest BCUT2D eigenvalue weighted by Gasteiger charge is 2.53. The Balaban J connectivity index is 2.15. The minimum atomic E-state index is -1.02. The number of hydrogen-bond acceptors (Lipinski definition) is 3. The molecular formula is C25H26O3. The molecule has 0 aromatic heterocycles. The zero-order valence-corrected chi connectivity index (χ0v) is 17.1. The van der Waals surface area contributed by atoms with E-state index >= 15 is 0 Å². The van der Waals surface area contributed by atoms with Crippen LogP contribution in [-0.4, -0.2) is 22.8 Å². The van der Waals surface area contributed by atoms with E-state index in [4.69, 9.17) is 11.2 Å². The number of ketones is 2. The fourth-order valence-corrected chi connectivity index (χ4v) is 3.96. The van der Waals surface area contributed by atoms with E-state index in [1.165, 1.54) is 0 Å². The lowest BCUT2D eigenvalue weighted by molar-refractivity contribution is -0.184. The lowest BCUT2D eigenvalue weighted by Crippen LogP contribution is -2.58. The molecule has 3 nitrogen and oxygen atoms in total. The average Bonchev–Trinajstić information content (AvgIpc) is 2.66. The maximum atomic E-state index is 13.2. The van der Waals surface area contributed by atoms with Gasteiger partial charge in [-0.25, -0.2) is 0 Å². The number of hydrogen-bond donors (Lipinski definition) is 0. The summed E-state index contributed by atoms with van der Waals surface area (Å²) < 4.78 is 5.83. The number of rotatable bonds is 3. The van der Waals surface area contributed by atoms with Crippen LogP contribution in [0.15, 0.2) is 42.5 Å². The maximum Gasteiger partial charge on any atom is 0.179 e. The van der Waals surface area contributed by atoms with E-state index in [2.05, 4.69) is 5.92 Å². The van der Waals surface area contributed by atoms with Gasteiger partial charge in [-0.15, -0.1) is 6.42 Å². The predicted molar refractivity (Wildman–Crippen MR) is 111 cm³/mol. The van der Waals surface area contributed by atoms with Crippen LogP contribution in [-0.2, 0) is 20.7 Å². The molecule has 1 fully saturated rings. The van der Waals surface area contributed by atoms with Crippen LogP contribution in [0, 0.1) is 12.3 Å². The summed E-state index contributed by atoms with van der Waals surface area (Å²) in [7, 11) is 0. The average molecular weight is 374 g/mol. The quantitative estimate of drug-likeness (QED) is 0.577. The number of benzene rings is 2. The molecule has 0 aliphatic carbocycles. The molecule has 2 aromatic carbocycles. The van der Waals surface area contributed by atoms with Gasteiger partial charge in [-0.05, 0) is 74.6 Å². The first-order valence-corrected chi connectivity index (χ1v) is 9.59. The fraction of sp³-hybridized carbons (Fsp3) is 0.360. The van der Waals surface area contributed by atoms with Crippen LogP contribution in [0.3, 0.4) is 0 Å². The largest absolute Gasteiger partial charge is 0.354 e. The summed E-state index contributed by atoms with van der Waals surface area (Å²) >= 11 is 0. The monoisotopic (exact) mass is 374 g/mol. The zero-order chi connectivity index (χ0) is 20.7. The minimum Gasteiger partial charge on any atom is -0.354 e. The molecule has 0 bridgehead atoms. The molecule has 1 saturated heterocycles. The van der Waals surface area contributed by atoms with E-state index in [1.54, 1.807) is 27.7 Å². The van der Waals surface area contributed by atoms with Crippen molar-refractivity contribution in [3.05, 3.63) is 59.2 Å². The predicted octanol–water partition coefficient (Wildman–Crippen LogP) is 4.71. The first kappa shape index (κ1) is 20.0. The summed E-state index contributed by atoms with van der Waals surface area (Å²) in [4.78, 5) is 26.4. The van der Waals surface area contributed by atoms with Gasteiger partial charge >= 0.3 is 0 Å². The Hall–Kier alpha value is -2.70. The van der Waals surface area contributed by atoms with Crippen molar-refractivity contribution in [3.63, 3.8) is 0 Å². The molecule has 0 atom stereocenters. The van der Waals surface area contributed by atoms with Crippen molar-refractivity contribution in [1.82, 2.24) is 0 Å². The number of carbonyl (C=O) groups excluding carboxylic acids is 2. The van der Waals surface area contributed by atoms with Crippen molar-refractivity contribution >= 4 is 11.6 Å². The summed E-state index contributed by atoms with van der Waals surface area (Å²) in [6.45, 7) is 8.99. The molecule has 0 saturated carbocycles. The summed E-state index contributed by atoms with van der Waals surface area (Å²) in [5, 5.41) is 0. The third-order valence-corrected chi connectivity index (χ3v) is 5.44. The number of carbonyl (C=O) groups is 2. The molecular weight excluding hydrogens is 348 g/mol. The van der Waals surface area contributed by atoms with Gasteiger partial charge in [0.1, 0.15) is 17.1 Å². The van der Waals surface area contributed by atoms with Crippen molar-refractivity contribution in [2.75, 3.05) is 0 Å². The third-order valence-electron chi connectivity index (χ3n) is 5.44.